The van der Waals surface area contributed by atoms with Crippen LogP contribution in [0.15, 0.2) is 24.8 Å². The number of nitrogens with zero attached hydrogens (tertiary/aromatic N) is 2. The molecular weight excluding hydrogens is 469 g/mol. The van der Waals surface area contributed by atoms with Crippen LogP contribution >= 0.6 is 0 Å². The third kappa shape index (κ3) is 4.60. The Bertz CT molecular complexity index is 1210. The van der Waals surface area contributed by atoms with Crippen molar-refractivity contribution in [3.8, 4) is 5.75 Å². The summed E-state index contributed by atoms with van der Waals surface area (Å²) in [7, 11) is 0. The molecule has 2 saturated carbocycles. The molecular formula is C27H31F3N4O2. The van der Waals surface area contributed by atoms with Crippen molar-refractivity contribution in [1.82, 2.24) is 20.4 Å². The summed E-state index contributed by atoms with van der Waals surface area (Å²) < 4.78 is 44.8. The molecule has 2 fully saturated rings. The van der Waals surface area contributed by atoms with E-state index < -0.39 is 18.3 Å². The van der Waals surface area contributed by atoms with Crippen molar-refractivity contribution in [1.29, 1.82) is 0 Å². The Labute approximate surface area is 208 Å². The number of amides is 1. The summed E-state index contributed by atoms with van der Waals surface area (Å²) in [6.07, 6.45) is 3.39. The lowest BCUT2D eigenvalue weighted by molar-refractivity contribution is -0.153. The number of hydrogen-bond acceptors (Lipinski definition) is 4. The van der Waals surface area contributed by atoms with Crippen molar-refractivity contribution in [3.05, 3.63) is 52.9 Å². The number of halogens is 3. The maximum absolute atomic E-state index is 12.6. The predicted octanol–water partition coefficient (Wildman–Crippen LogP) is 4.61. The quantitative estimate of drug-likeness (QED) is 0.556. The minimum atomic E-state index is -4.37. The number of fused-ring (bicyclic) bond motifs is 3. The van der Waals surface area contributed by atoms with Crippen LogP contribution in [0.1, 0.15) is 66.6 Å². The molecule has 2 aromatic rings. The molecule has 1 spiro atoms. The first kappa shape index (κ1) is 23.4. The van der Waals surface area contributed by atoms with Crippen LogP contribution in [0.3, 0.4) is 0 Å². The number of nitrogens with one attached hydrogen (secondary N) is 2. The molecule has 1 aromatic carbocycles. The summed E-state index contributed by atoms with van der Waals surface area (Å²) in [5.74, 6) is 1.26. The second-order valence-corrected chi connectivity index (χ2v) is 10.8. The fourth-order valence-electron chi connectivity index (χ4n) is 5.74. The van der Waals surface area contributed by atoms with Crippen molar-refractivity contribution in [2.75, 3.05) is 6.61 Å². The molecule has 0 bridgehead atoms. The first-order chi connectivity index (χ1) is 17.2. The number of alkyl halides is 3. The van der Waals surface area contributed by atoms with Gasteiger partial charge in [0, 0.05) is 30.1 Å². The van der Waals surface area contributed by atoms with Gasteiger partial charge in [-0.25, -0.2) is 0 Å². The molecule has 1 atom stereocenters. The van der Waals surface area contributed by atoms with Crippen molar-refractivity contribution in [3.63, 3.8) is 0 Å². The van der Waals surface area contributed by atoms with Gasteiger partial charge in [0.1, 0.15) is 5.75 Å². The van der Waals surface area contributed by atoms with Gasteiger partial charge in [0.25, 0.3) is 0 Å². The Morgan fingerprint density at radius 3 is 2.81 bits per heavy atom. The molecule has 1 amide bonds. The Morgan fingerprint density at radius 1 is 1.28 bits per heavy atom. The van der Waals surface area contributed by atoms with E-state index in [2.05, 4.69) is 21.9 Å². The second-order valence-electron chi connectivity index (χ2n) is 10.8. The van der Waals surface area contributed by atoms with Gasteiger partial charge < -0.3 is 15.4 Å². The zero-order valence-corrected chi connectivity index (χ0v) is 20.2. The van der Waals surface area contributed by atoms with Crippen LogP contribution in [0.5, 0.6) is 5.75 Å². The van der Waals surface area contributed by atoms with E-state index in [1.54, 1.807) is 12.1 Å². The van der Waals surface area contributed by atoms with Crippen LogP contribution in [0.4, 0.5) is 13.2 Å². The lowest BCUT2D eigenvalue weighted by Gasteiger charge is -2.37. The van der Waals surface area contributed by atoms with Gasteiger partial charge in [-0.1, -0.05) is 25.5 Å². The maximum Gasteiger partial charge on any atom is 0.422 e. The largest absolute Gasteiger partial charge is 0.484 e. The van der Waals surface area contributed by atoms with Crippen molar-refractivity contribution in [2.45, 2.75) is 76.2 Å². The average molecular weight is 501 g/mol. The summed E-state index contributed by atoms with van der Waals surface area (Å²) >= 11 is 0. The first-order valence-electron chi connectivity index (χ1n) is 12.9. The van der Waals surface area contributed by atoms with E-state index >= 15 is 0 Å². The number of aryl methyl sites for hydroxylation is 2. The molecule has 36 heavy (non-hydrogen) atoms. The van der Waals surface area contributed by atoms with Crippen molar-refractivity contribution >= 4 is 11.6 Å². The van der Waals surface area contributed by atoms with E-state index in [0.29, 0.717) is 13.0 Å². The predicted molar refractivity (Wildman–Crippen MR) is 128 cm³/mol. The van der Waals surface area contributed by atoms with E-state index in [-0.39, 0.29) is 17.6 Å². The van der Waals surface area contributed by atoms with Gasteiger partial charge in [-0.2, -0.15) is 18.3 Å². The standard InChI is InChI=1S/C27H31F3N4O2/c1-16-24-22(33-34(11-9-17-2-3-17)23(24)14-31-25(35)18-4-5-18)13-26(32-16)10-8-19-12-20(6-7-21(19)26)36-15-27(28,29)30/h6-7,12,17-18,32H,1-5,8-11,13-15H2,(H,31,35)/t26-/m0/s1. The number of hydrogen-bond donors (Lipinski definition) is 2. The van der Waals surface area contributed by atoms with Crippen LogP contribution in [0.2, 0.25) is 0 Å². The van der Waals surface area contributed by atoms with Crippen LogP contribution in [0.25, 0.3) is 5.70 Å². The lowest BCUT2D eigenvalue weighted by Crippen LogP contribution is -2.44. The zero-order valence-electron chi connectivity index (χ0n) is 20.2. The minimum Gasteiger partial charge on any atom is -0.484 e. The monoisotopic (exact) mass is 500 g/mol. The van der Waals surface area contributed by atoms with Gasteiger partial charge in [-0.05, 0) is 61.3 Å². The number of carbonyl (C=O) groups excluding carboxylic acids is 1. The fourth-order valence-corrected chi connectivity index (χ4v) is 5.74. The maximum atomic E-state index is 12.6. The minimum absolute atomic E-state index is 0.109. The van der Waals surface area contributed by atoms with Crippen LogP contribution < -0.4 is 15.4 Å². The molecule has 4 aliphatic rings. The highest BCUT2D eigenvalue weighted by atomic mass is 19.4. The van der Waals surface area contributed by atoms with Crippen LogP contribution in [-0.4, -0.2) is 28.5 Å². The molecule has 6 nitrogen and oxygen atoms in total. The Morgan fingerprint density at radius 2 is 2.08 bits per heavy atom. The van der Waals surface area contributed by atoms with Crippen molar-refractivity contribution < 1.29 is 22.7 Å². The van der Waals surface area contributed by atoms with Gasteiger partial charge in [0.2, 0.25) is 5.91 Å². The molecule has 192 valence electrons. The number of rotatable bonds is 8. The average Bonchev–Trinajstić information content (AvgIpc) is 3.76. The summed E-state index contributed by atoms with van der Waals surface area (Å²) in [6.45, 7) is 4.31. The molecule has 1 aromatic heterocycles. The smallest absolute Gasteiger partial charge is 0.422 e. The highest BCUT2D eigenvalue weighted by molar-refractivity contribution is 5.81. The third-order valence-corrected chi connectivity index (χ3v) is 7.93. The van der Waals surface area contributed by atoms with Crippen LogP contribution in [0, 0.1) is 11.8 Å². The molecule has 0 saturated heterocycles. The SMILES string of the molecule is C=C1N[C@@]2(CCc3cc(OCC(F)(F)F)ccc32)Cc2nn(CCC3CC3)c(CNC(=O)C3CC3)c21. The van der Waals surface area contributed by atoms with E-state index in [1.807, 2.05) is 6.07 Å². The number of benzene rings is 1. The van der Waals surface area contributed by atoms with Crippen molar-refractivity contribution in [2.24, 2.45) is 11.8 Å². The summed E-state index contributed by atoms with van der Waals surface area (Å²) in [5.41, 5.74) is 5.40. The first-order valence-corrected chi connectivity index (χ1v) is 12.9. The van der Waals surface area contributed by atoms with Gasteiger partial charge in [-0.15, -0.1) is 0 Å². The third-order valence-electron chi connectivity index (χ3n) is 7.93. The molecule has 2 heterocycles. The molecule has 9 heteroatoms. The summed E-state index contributed by atoms with van der Waals surface area (Å²) in [6, 6.07) is 5.22. The Kier molecular flexibility index (Phi) is 5.57. The Balaban J connectivity index is 1.26. The van der Waals surface area contributed by atoms with Crippen LogP contribution in [-0.2, 0) is 36.3 Å². The van der Waals surface area contributed by atoms with Gasteiger partial charge >= 0.3 is 6.18 Å². The number of ether oxygens (including phenoxy) is 1. The number of aromatic nitrogens is 2. The second kappa shape index (κ2) is 8.56. The van der Waals surface area contributed by atoms with E-state index in [1.165, 1.54) is 12.8 Å². The molecule has 3 aliphatic carbocycles. The normalized spacial score (nSPS) is 22.8. The van der Waals surface area contributed by atoms with E-state index in [0.717, 1.165) is 78.3 Å². The highest BCUT2D eigenvalue weighted by Crippen LogP contribution is 2.46. The highest BCUT2D eigenvalue weighted by Gasteiger charge is 2.45. The van der Waals surface area contributed by atoms with E-state index in [9.17, 15) is 18.0 Å². The fraction of sp³-hybridized carbons (Fsp3) is 0.556. The van der Waals surface area contributed by atoms with Gasteiger partial charge in [-0.3, -0.25) is 9.48 Å². The summed E-state index contributed by atoms with van der Waals surface area (Å²) in [4.78, 5) is 12.4. The topological polar surface area (TPSA) is 68.2 Å². The molecule has 0 unspecified atom stereocenters. The van der Waals surface area contributed by atoms with E-state index in [4.69, 9.17) is 9.84 Å². The zero-order chi connectivity index (χ0) is 25.1. The Hall–Kier alpha value is -2.97. The lowest BCUT2D eigenvalue weighted by atomic mass is 9.81. The molecule has 0 radical (unpaired) electrons. The molecule has 6 rings (SSSR count). The molecule has 1 aliphatic heterocycles. The molecule has 2 N–H and O–H groups in total. The van der Waals surface area contributed by atoms with Gasteiger partial charge in [0.05, 0.1) is 23.5 Å². The summed E-state index contributed by atoms with van der Waals surface area (Å²) in [5, 5.41) is 11.8. The number of carbonyl (C=O) groups is 1. The van der Waals surface area contributed by atoms with Gasteiger partial charge in [0.15, 0.2) is 6.61 Å².